The van der Waals surface area contributed by atoms with Gasteiger partial charge >= 0.3 is 0 Å². The lowest BCUT2D eigenvalue weighted by Gasteiger charge is -2.16. The molecule has 2 rings (SSSR count). The fourth-order valence-electron chi connectivity index (χ4n) is 2.23. The second-order valence-electron chi connectivity index (χ2n) is 4.27. The van der Waals surface area contributed by atoms with Gasteiger partial charge in [0.2, 0.25) is 5.91 Å². The summed E-state index contributed by atoms with van der Waals surface area (Å²) >= 11 is 0. The Hall–Kier alpha value is -1.29. The predicted molar refractivity (Wildman–Crippen MR) is 61.0 cm³/mol. The van der Waals surface area contributed by atoms with Gasteiger partial charge in [0.1, 0.15) is 6.54 Å². The third-order valence-corrected chi connectivity index (χ3v) is 2.98. The highest BCUT2D eigenvalue weighted by Crippen LogP contribution is 2.29. The summed E-state index contributed by atoms with van der Waals surface area (Å²) in [6.45, 7) is 2.90. The van der Waals surface area contributed by atoms with Crippen LogP contribution in [0.5, 0.6) is 0 Å². The van der Waals surface area contributed by atoms with E-state index >= 15 is 0 Å². The Labute approximate surface area is 95.3 Å². The second kappa shape index (κ2) is 4.70. The highest BCUT2D eigenvalue weighted by atomic mass is 16.3. The third-order valence-electron chi connectivity index (χ3n) is 2.98. The fourth-order valence-corrected chi connectivity index (χ4v) is 2.23. The first-order valence-electron chi connectivity index (χ1n) is 5.84. The van der Waals surface area contributed by atoms with E-state index in [1.54, 1.807) is 0 Å². The molecule has 0 radical (unpaired) electrons. The molecule has 0 saturated carbocycles. The van der Waals surface area contributed by atoms with Gasteiger partial charge < -0.3 is 15.0 Å². The first kappa shape index (κ1) is 11.2. The van der Waals surface area contributed by atoms with Crippen LogP contribution in [0, 0.1) is 0 Å². The average molecular weight is 222 g/mol. The number of fused-ring (bicyclic) bond motifs is 1. The van der Waals surface area contributed by atoms with Crippen LogP contribution in [0.2, 0.25) is 0 Å². The lowest BCUT2D eigenvalue weighted by molar-refractivity contribution is -0.121. The molecule has 1 heterocycles. The largest absolute Gasteiger partial charge is 0.388 e. The molecule has 1 aliphatic carbocycles. The quantitative estimate of drug-likeness (QED) is 0.801. The van der Waals surface area contributed by atoms with Crippen molar-refractivity contribution in [2.45, 2.75) is 38.8 Å². The number of aromatic nitrogens is 1. The van der Waals surface area contributed by atoms with E-state index in [0.29, 0.717) is 13.1 Å². The lowest BCUT2D eigenvalue weighted by Crippen LogP contribution is -2.26. The lowest BCUT2D eigenvalue weighted by atomic mass is 9.93. The minimum atomic E-state index is -0.348. The monoisotopic (exact) mass is 222 g/mol. The minimum absolute atomic E-state index is 0.0179. The van der Waals surface area contributed by atoms with Crippen LogP contribution in [0.1, 0.15) is 37.0 Å². The molecule has 1 unspecified atom stereocenters. The van der Waals surface area contributed by atoms with Crippen LogP contribution in [0.3, 0.4) is 0 Å². The normalized spacial score (nSPS) is 19.2. The van der Waals surface area contributed by atoms with E-state index in [4.69, 9.17) is 0 Å². The summed E-state index contributed by atoms with van der Waals surface area (Å²) in [6.07, 6.45) is 6.40. The molecule has 0 bridgehead atoms. The van der Waals surface area contributed by atoms with Crippen molar-refractivity contribution in [3.05, 3.63) is 23.5 Å². The Morgan fingerprint density at radius 3 is 3.12 bits per heavy atom. The number of likely N-dealkylation sites (N-methyl/N-ethyl adjacent to an activating group) is 1. The average Bonchev–Trinajstić information content (AvgIpc) is 2.62. The molecule has 1 aromatic heterocycles. The topological polar surface area (TPSA) is 54.3 Å². The molecule has 0 saturated heterocycles. The van der Waals surface area contributed by atoms with Crippen molar-refractivity contribution in [3.63, 3.8) is 0 Å². The maximum atomic E-state index is 11.4. The summed E-state index contributed by atoms with van der Waals surface area (Å²) in [4.78, 5) is 11.4. The van der Waals surface area contributed by atoms with Crippen molar-refractivity contribution in [1.29, 1.82) is 0 Å². The number of aliphatic hydroxyl groups excluding tert-OH is 1. The first-order chi connectivity index (χ1) is 7.70. The highest BCUT2D eigenvalue weighted by Gasteiger charge is 2.20. The number of amides is 1. The number of hydrogen-bond donors (Lipinski definition) is 2. The Bertz CT molecular complexity index is 384. The van der Waals surface area contributed by atoms with Gasteiger partial charge in [-0.15, -0.1) is 0 Å². The molecule has 16 heavy (non-hydrogen) atoms. The van der Waals surface area contributed by atoms with Gasteiger partial charge in [0.15, 0.2) is 0 Å². The first-order valence-corrected chi connectivity index (χ1v) is 5.84. The van der Waals surface area contributed by atoms with Crippen LogP contribution >= 0.6 is 0 Å². The molecule has 4 heteroatoms. The number of aliphatic hydroxyl groups is 1. The molecule has 4 nitrogen and oxygen atoms in total. The summed E-state index contributed by atoms with van der Waals surface area (Å²) in [5.41, 5.74) is 2.18. The van der Waals surface area contributed by atoms with Crippen molar-refractivity contribution in [1.82, 2.24) is 9.88 Å². The van der Waals surface area contributed by atoms with Crippen LogP contribution in [-0.2, 0) is 17.8 Å². The Kier molecular flexibility index (Phi) is 3.29. The van der Waals surface area contributed by atoms with E-state index in [1.807, 2.05) is 23.9 Å². The minimum Gasteiger partial charge on any atom is -0.388 e. The van der Waals surface area contributed by atoms with Crippen molar-refractivity contribution < 1.29 is 9.90 Å². The molecule has 0 aliphatic heterocycles. The van der Waals surface area contributed by atoms with E-state index in [1.165, 1.54) is 5.56 Å². The standard InChI is InChI=1S/C12H18N2O2/c1-2-13-12(16)8-14-6-9-4-3-5-11(15)10(9)7-14/h6-7,11,15H,2-5,8H2,1H3,(H,13,16). The molecule has 0 fully saturated rings. The van der Waals surface area contributed by atoms with Gasteiger partial charge in [-0.1, -0.05) is 0 Å². The number of aryl methyl sites for hydroxylation is 1. The van der Waals surface area contributed by atoms with Crippen LogP contribution in [0.25, 0.3) is 0 Å². The van der Waals surface area contributed by atoms with Crippen molar-refractivity contribution in [2.24, 2.45) is 0 Å². The number of rotatable bonds is 3. The summed E-state index contributed by atoms with van der Waals surface area (Å²) in [7, 11) is 0. The van der Waals surface area contributed by atoms with Gasteiger partial charge in [0.25, 0.3) is 0 Å². The van der Waals surface area contributed by atoms with E-state index in [2.05, 4.69) is 5.32 Å². The van der Waals surface area contributed by atoms with Gasteiger partial charge in [-0.3, -0.25) is 4.79 Å². The number of carbonyl (C=O) groups is 1. The molecule has 1 amide bonds. The molecule has 88 valence electrons. The summed E-state index contributed by atoms with van der Waals surface area (Å²) in [6, 6.07) is 0. The van der Waals surface area contributed by atoms with Crippen LogP contribution in [-0.4, -0.2) is 22.1 Å². The maximum Gasteiger partial charge on any atom is 0.239 e. The SMILES string of the molecule is CCNC(=O)Cn1cc2c(c1)C(O)CCC2. The van der Waals surface area contributed by atoms with E-state index in [0.717, 1.165) is 24.8 Å². The molecule has 2 N–H and O–H groups in total. The van der Waals surface area contributed by atoms with E-state index in [-0.39, 0.29) is 12.0 Å². The van der Waals surface area contributed by atoms with Crippen molar-refractivity contribution >= 4 is 5.91 Å². The number of hydrogen-bond acceptors (Lipinski definition) is 2. The van der Waals surface area contributed by atoms with Gasteiger partial charge in [-0.25, -0.2) is 0 Å². The zero-order chi connectivity index (χ0) is 11.5. The molecule has 1 aromatic rings. The molecule has 1 aliphatic rings. The van der Waals surface area contributed by atoms with E-state index < -0.39 is 0 Å². The number of nitrogens with zero attached hydrogens (tertiary/aromatic N) is 1. The number of carbonyl (C=O) groups excluding carboxylic acids is 1. The van der Waals surface area contributed by atoms with Crippen molar-refractivity contribution in [3.8, 4) is 0 Å². The smallest absolute Gasteiger partial charge is 0.239 e. The van der Waals surface area contributed by atoms with Crippen molar-refractivity contribution in [2.75, 3.05) is 6.54 Å². The maximum absolute atomic E-state index is 11.4. The van der Waals surface area contributed by atoms with Crippen LogP contribution < -0.4 is 5.32 Å². The van der Waals surface area contributed by atoms with Gasteiger partial charge in [-0.2, -0.15) is 0 Å². The second-order valence-corrected chi connectivity index (χ2v) is 4.27. The third kappa shape index (κ3) is 2.27. The van der Waals surface area contributed by atoms with Crippen LogP contribution in [0.4, 0.5) is 0 Å². The molecular formula is C12H18N2O2. The van der Waals surface area contributed by atoms with Gasteiger partial charge in [0.05, 0.1) is 6.10 Å². The van der Waals surface area contributed by atoms with Gasteiger partial charge in [-0.05, 0) is 31.7 Å². The predicted octanol–water partition coefficient (Wildman–Crippen LogP) is 0.994. The van der Waals surface area contributed by atoms with Crippen LogP contribution in [0.15, 0.2) is 12.4 Å². The molecule has 0 spiro atoms. The zero-order valence-corrected chi connectivity index (χ0v) is 9.57. The Morgan fingerprint density at radius 2 is 2.44 bits per heavy atom. The fraction of sp³-hybridized carbons (Fsp3) is 0.583. The summed E-state index contributed by atoms with van der Waals surface area (Å²) in [5, 5.41) is 12.6. The molecular weight excluding hydrogens is 204 g/mol. The highest BCUT2D eigenvalue weighted by molar-refractivity contribution is 5.75. The number of nitrogens with one attached hydrogen (secondary N) is 1. The summed E-state index contributed by atoms with van der Waals surface area (Å²) < 4.78 is 1.87. The zero-order valence-electron chi connectivity index (χ0n) is 9.57. The molecule has 1 atom stereocenters. The summed E-state index contributed by atoms with van der Waals surface area (Å²) in [5.74, 6) is 0.0179. The molecule has 0 aromatic carbocycles. The Balaban J connectivity index is 2.09. The van der Waals surface area contributed by atoms with E-state index in [9.17, 15) is 9.90 Å². The Morgan fingerprint density at radius 1 is 1.62 bits per heavy atom. The van der Waals surface area contributed by atoms with Gasteiger partial charge in [0, 0.05) is 24.5 Å².